The van der Waals surface area contributed by atoms with Crippen molar-refractivity contribution in [3.8, 4) is 0 Å². The lowest BCUT2D eigenvalue weighted by Crippen LogP contribution is -2.48. The minimum Gasteiger partial charge on any atom is -0.399 e. The van der Waals surface area contributed by atoms with Gasteiger partial charge in [-0.1, -0.05) is 30.3 Å². The van der Waals surface area contributed by atoms with Crippen LogP contribution in [0.4, 0.5) is 11.4 Å². The number of carbonyl (C=O) groups excluding carboxylic acids is 1. The van der Waals surface area contributed by atoms with Crippen molar-refractivity contribution in [2.75, 3.05) is 43.8 Å². The van der Waals surface area contributed by atoms with E-state index in [2.05, 4.69) is 21.2 Å². The third-order valence-corrected chi connectivity index (χ3v) is 4.93. The number of nitrogens with zero attached hydrogens (tertiary/aromatic N) is 2. The molecule has 1 amide bonds. The van der Waals surface area contributed by atoms with Crippen LogP contribution in [0.3, 0.4) is 0 Å². The van der Waals surface area contributed by atoms with Gasteiger partial charge in [0.05, 0.1) is 6.54 Å². The lowest BCUT2D eigenvalue weighted by molar-refractivity contribution is -0.117. The number of piperazine rings is 1. The highest BCUT2D eigenvalue weighted by Gasteiger charge is 2.19. The number of nitrogen functional groups attached to an aromatic ring is 1. The predicted molar refractivity (Wildman–Crippen MR) is 107 cm³/mol. The first-order valence-corrected chi connectivity index (χ1v) is 9.16. The molecule has 0 saturated carbocycles. The lowest BCUT2D eigenvalue weighted by atomic mass is 10.1. The highest BCUT2D eigenvalue weighted by atomic mass is 16.2. The van der Waals surface area contributed by atoms with Gasteiger partial charge in [-0.2, -0.15) is 0 Å². The number of amides is 1. The van der Waals surface area contributed by atoms with E-state index < -0.39 is 0 Å². The van der Waals surface area contributed by atoms with Gasteiger partial charge in [0.2, 0.25) is 5.91 Å². The molecule has 1 aliphatic heterocycles. The second-order valence-corrected chi connectivity index (χ2v) is 7.11. The fourth-order valence-electron chi connectivity index (χ4n) is 3.45. The number of benzene rings is 2. The highest BCUT2D eigenvalue weighted by molar-refractivity contribution is 5.93. The molecule has 0 atom stereocenters. The molecule has 0 aliphatic carbocycles. The first kappa shape index (κ1) is 18.4. The fourth-order valence-corrected chi connectivity index (χ4v) is 3.45. The van der Waals surface area contributed by atoms with Crippen LogP contribution in [0.15, 0.2) is 42.5 Å². The summed E-state index contributed by atoms with van der Waals surface area (Å²) in [6, 6.07) is 14.1. The third-order valence-electron chi connectivity index (χ3n) is 4.93. The SMILES string of the molecule is Cc1cccc(C)c1NC(=O)CN1CCN(Cc2cccc(N)c2)CC1. The van der Waals surface area contributed by atoms with Crippen molar-refractivity contribution in [2.45, 2.75) is 20.4 Å². The molecule has 2 aromatic rings. The normalized spacial score (nSPS) is 15.8. The maximum absolute atomic E-state index is 12.4. The van der Waals surface area contributed by atoms with Gasteiger partial charge in [-0.15, -0.1) is 0 Å². The molecule has 0 aromatic heterocycles. The summed E-state index contributed by atoms with van der Waals surface area (Å²) in [5, 5.41) is 3.07. The van der Waals surface area contributed by atoms with Gasteiger partial charge in [0.25, 0.3) is 0 Å². The summed E-state index contributed by atoms with van der Waals surface area (Å²) >= 11 is 0. The monoisotopic (exact) mass is 352 g/mol. The third kappa shape index (κ3) is 4.84. The molecule has 3 N–H and O–H groups in total. The molecular formula is C21H28N4O. The number of nitrogens with one attached hydrogen (secondary N) is 1. The van der Waals surface area contributed by atoms with E-state index in [-0.39, 0.29) is 5.91 Å². The molecule has 138 valence electrons. The summed E-state index contributed by atoms with van der Waals surface area (Å²) in [6.07, 6.45) is 0. The average Bonchev–Trinajstić information content (AvgIpc) is 2.60. The Morgan fingerprint density at radius 2 is 1.62 bits per heavy atom. The Bertz CT molecular complexity index is 746. The van der Waals surface area contributed by atoms with Crippen LogP contribution >= 0.6 is 0 Å². The van der Waals surface area contributed by atoms with E-state index in [1.807, 2.05) is 50.2 Å². The summed E-state index contributed by atoms with van der Waals surface area (Å²) in [7, 11) is 0. The van der Waals surface area contributed by atoms with E-state index in [0.717, 1.165) is 55.2 Å². The molecule has 0 unspecified atom stereocenters. The molecule has 0 spiro atoms. The van der Waals surface area contributed by atoms with Gasteiger partial charge < -0.3 is 11.1 Å². The zero-order valence-corrected chi connectivity index (χ0v) is 15.7. The molecule has 1 aliphatic rings. The zero-order valence-electron chi connectivity index (χ0n) is 15.7. The van der Waals surface area contributed by atoms with Crippen LogP contribution in [-0.4, -0.2) is 48.4 Å². The zero-order chi connectivity index (χ0) is 18.5. The van der Waals surface area contributed by atoms with E-state index >= 15 is 0 Å². The molecule has 5 heteroatoms. The molecule has 1 fully saturated rings. The number of aryl methyl sites for hydroxylation is 2. The van der Waals surface area contributed by atoms with Gasteiger partial charge in [0.1, 0.15) is 0 Å². The van der Waals surface area contributed by atoms with E-state index in [0.29, 0.717) is 6.54 Å². The van der Waals surface area contributed by atoms with Crippen molar-refractivity contribution in [3.63, 3.8) is 0 Å². The Labute approximate surface area is 155 Å². The number of para-hydroxylation sites is 1. The Hall–Kier alpha value is -2.37. The van der Waals surface area contributed by atoms with Crippen LogP contribution in [0.2, 0.25) is 0 Å². The van der Waals surface area contributed by atoms with Gasteiger partial charge >= 0.3 is 0 Å². The van der Waals surface area contributed by atoms with Gasteiger partial charge in [0.15, 0.2) is 0 Å². The smallest absolute Gasteiger partial charge is 0.238 e. The first-order chi connectivity index (χ1) is 12.5. The maximum atomic E-state index is 12.4. The average molecular weight is 352 g/mol. The molecule has 1 heterocycles. The number of rotatable bonds is 5. The van der Waals surface area contributed by atoms with Crippen LogP contribution in [-0.2, 0) is 11.3 Å². The van der Waals surface area contributed by atoms with Gasteiger partial charge in [-0.05, 0) is 42.7 Å². The Morgan fingerprint density at radius 3 is 2.27 bits per heavy atom. The van der Waals surface area contributed by atoms with Crippen molar-refractivity contribution < 1.29 is 4.79 Å². The quantitative estimate of drug-likeness (QED) is 0.812. The van der Waals surface area contributed by atoms with Crippen LogP contribution in [0.25, 0.3) is 0 Å². The minimum atomic E-state index is 0.0617. The highest BCUT2D eigenvalue weighted by Crippen LogP contribution is 2.19. The molecule has 2 aromatic carbocycles. The van der Waals surface area contributed by atoms with Crippen molar-refractivity contribution >= 4 is 17.3 Å². The van der Waals surface area contributed by atoms with E-state index in [4.69, 9.17) is 5.73 Å². The van der Waals surface area contributed by atoms with E-state index in [9.17, 15) is 4.79 Å². The molecule has 3 rings (SSSR count). The van der Waals surface area contributed by atoms with Crippen molar-refractivity contribution in [1.29, 1.82) is 0 Å². The Balaban J connectivity index is 1.47. The number of hydrogen-bond acceptors (Lipinski definition) is 4. The predicted octanol–water partition coefficient (Wildman–Crippen LogP) is 2.64. The maximum Gasteiger partial charge on any atom is 0.238 e. The Kier molecular flexibility index (Phi) is 5.91. The molecule has 0 bridgehead atoms. The number of carbonyl (C=O) groups is 1. The largest absolute Gasteiger partial charge is 0.399 e. The standard InChI is InChI=1S/C21H28N4O/c1-16-5-3-6-17(2)21(16)23-20(26)15-25-11-9-24(10-12-25)14-18-7-4-8-19(22)13-18/h3-8,13H,9-12,14-15,22H2,1-2H3,(H,23,26). The minimum absolute atomic E-state index is 0.0617. The first-order valence-electron chi connectivity index (χ1n) is 9.16. The van der Waals surface area contributed by atoms with Crippen LogP contribution < -0.4 is 11.1 Å². The van der Waals surface area contributed by atoms with Gasteiger partial charge in [0, 0.05) is 44.1 Å². The summed E-state index contributed by atoms with van der Waals surface area (Å²) in [6.45, 7) is 9.14. The molecule has 1 saturated heterocycles. The van der Waals surface area contributed by atoms with Crippen molar-refractivity contribution in [2.24, 2.45) is 0 Å². The van der Waals surface area contributed by atoms with Crippen LogP contribution in [0.1, 0.15) is 16.7 Å². The second kappa shape index (κ2) is 8.34. The fraction of sp³-hybridized carbons (Fsp3) is 0.381. The van der Waals surface area contributed by atoms with Gasteiger partial charge in [-0.25, -0.2) is 0 Å². The number of anilines is 2. The van der Waals surface area contributed by atoms with Crippen molar-refractivity contribution in [1.82, 2.24) is 9.80 Å². The molecular weight excluding hydrogens is 324 g/mol. The summed E-state index contributed by atoms with van der Waals surface area (Å²) < 4.78 is 0. The molecule has 0 radical (unpaired) electrons. The number of hydrogen-bond donors (Lipinski definition) is 2. The molecule has 5 nitrogen and oxygen atoms in total. The molecule has 26 heavy (non-hydrogen) atoms. The van der Waals surface area contributed by atoms with Crippen molar-refractivity contribution in [3.05, 3.63) is 59.2 Å². The van der Waals surface area contributed by atoms with E-state index in [1.54, 1.807) is 0 Å². The Morgan fingerprint density at radius 1 is 1.00 bits per heavy atom. The van der Waals surface area contributed by atoms with Crippen LogP contribution in [0.5, 0.6) is 0 Å². The second-order valence-electron chi connectivity index (χ2n) is 7.11. The number of nitrogens with two attached hydrogens (primary N) is 1. The van der Waals surface area contributed by atoms with E-state index in [1.165, 1.54) is 5.56 Å². The van der Waals surface area contributed by atoms with Crippen LogP contribution in [0, 0.1) is 13.8 Å². The van der Waals surface area contributed by atoms with Gasteiger partial charge in [-0.3, -0.25) is 14.6 Å². The summed E-state index contributed by atoms with van der Waals surface area (Å²) in [4.78, 5) is 17.0. The topological polar surface area (TPSA) is 61.6 Å². The lowest BCUT2D eigenvalue weighted by Gasteiger charge is -2.34. The summed E-state index contributed by atoms with van der Waals surface area (Å²) in [5.74, 6) is 0.0617. The summed E-state index contributed by atoms with van der Waals surface area (Å²) in [5.41, 5.74) is 11.1.